The van der Waals surface area contributed by atoms with E-state index in [2.05, 4.69) is 49.7 Å². The number of phenolic OH excluding ortho intramolecular Hbond substituents is 1. The minimum absolute atomic E-state index is 0.129. The zero-order valence-electron chi connectivity index (χ0n) is 26.9. The van der Waals surface area contributed by atoms with Gasteiger partial charge in [-0.2, -0.15) is 0 Å². The monoisotopic (exact) mass is 560 g/mol. The predicted molar refractivity (Wildman–Crippen MR) is 175 cm³/mol. The first-order chi connectivity index (χ1) is 19.3. The number of aromatic hydroxyl groups is 1. The molecule has 0 saturated heterocycles. The first kappa shape index (κ1) is 37.2. The number of aryl methyl sites for hydroxylation is 3. The molecule has 0 unspecified atom stereocenters. The predicted octanol–water partition coefficient (Wildman–Crippen LogP) is 8.66. The van der Waals surface area contributed by atoms with Gasteiger partial charge in [0.15, 0.2) is 5.78 Å². The Balaban J connectivity index is 0.000000811. The van der Waals surface area contributed by atoms with E-state index in [-0.39, 0.29) is 11.6 Å². The number of allylic oxidation sites excluding steroid dienone is 6. The molecule has 4 nitrogen and oxygen atoms in total. The topological polar surface area (TPSA) is 52.9 Å². The molecular weight excluding hydrogens is 511 g/mol. The molecule has 0 heterocycles. The van der Waals surface area contributed by atoms with Crippen LogP contribution in [-0.4, -0.2) is 42.1 Å². The molecule has 5 heteroatoms. The van der Waals surface area contributed by atoms with E-state index < -0.39 is 0 Å². The highest BCUT2D eigenvalue weighted by Gasteiger charge is 2.10. The first-order valence-corrected chi connectivity index (χ1v) is 14.0. The van der Waals surface area contributed by atoms with Gasteiger partial charge in [0.05, 0.1) is 0 Å². The summed E-state index contributed by atoms with van der Waals surface area (Å²) < 4.78 is 13.5. The number of phenols is 1. The number of carbonyl (C=O) groups is 1. The number of ketones is 1. The third-order valence-electron chi connectivity index (χ3n) is 5.91. The van der Waals surface area contributed by atoms with Crippen molar-refractivity contribution in [1.82, 2.24) is 4.90 Å². The van der Waals surface area contributed by atoms with Crippen LogP contribution in [0.1, 0.15) is 77.1 Å². The second kappa shape index (κ2) is 20.2. The quantitative estimate of drug-likeness (QED) is 0.152. The smallest absolute Gasteiger partial charge is 0.178 e. The van der Waals surface area contributed by atoms with Gasteiger partial charge in [0.25, 0.3) is 0 Å². The fourth-order valence-electron chi connectivity index (χ4n) is 3.61. The zero-order chi connectivity index (χ0) is 31.5. The average Bonchev–Trinajstić information content (AvgIpc) is 2.90. The number of hydrogen-bond acceptors (Lipinski definition) is 4. The number of halogens is 1. The molecule has 222 valence electrons. The molecular formula is C36H49FN2O2. The van der Waals surface area contributed by atoms with Gasteiger partial charge in [0.2, 0.25) is 0 Å². The molecule has 0 atom stereocenters. The molecule has 41 heavy (non-hydrogen) atoms. The summed E-state index contributed by atoms with van der Waals surface area (Å²) in [6.45, 7) is 18.0. The Labute approximate surface area is 248 Å². The van der Waals surface area contributed by atoms with Crippen molar-refractivity contribution in [2.24, 2.45) is 4.99 Å². The number of hydrogen-bond donors (Lipinski definition) is 1. The second-order valence-corrected chi connectivity index (χ2v) is 10.1. The summed E-state index contributed by atoms with van der Waals surface area (Å²) in [6, 6.07) is 10.5. The lowest BCUT2D eigenvalue weighted by atomic mass is 10.0. The van der Waals surface area contributed by atoms with Gasteiger partial charge >= 0.3 is 0 Å². The van der Waals surface area contributed by atoms with Gasteiger partial charge < -0.3 is 10.0 Å². The van der Waals surface area contributed by atoms with Crippen molar-refractivity contribution in [2.75, 3.05) is 20.6 Å². The van der Waals surface area contributed by atoms with Crippen molar-refractivity contribution < 1.29 is 14.3 Å². The van der Waals surface area contributed by atoms with Crippen molar-refractivity contribution in [1.29, 1.82) is 0 Å². The number of aliphatic imine (C=N–C) groups is 1. The van der Waals surface area contributed by atoms with E-state index in [9.17, 15) is 9.18 Å². The first-order valence-electron chi connectivity index (χ1n) is 14.0. The minimum atomic E-state index is -0.263. The summed E-state index contributed by atoms with van der Waals surface area (Å²) in [6.07, 6.45) is 7.86. The normalized spacial score (nSPS) is 12.0. The van der Waals surface area contributed by atoms with E-state index in [0.29, 0.717) is 22.7 Å². The Morgan fingerprint density at radius 3 is 2.15 bits per heavy atom. The number of benzene rings is 2. The van der Waals surface area contributed by atoms with E-state index in [4.69, 9.17) is 5.11 Å². The van der Waals surface area contributed by atoms with Crippen LogP contribution in [0.15, 0.2) is 70.9 Å². The maximum Gasteiger partial charge on any atom is 0.178 e. The lowest BCUT2D eigenvalue weighted by Crippen LogP contribution is -2.11. The molecule has 2 aromatic carbocycles. The van der Waals surface area contributed by atoms with Gasteiger partial charge in [0.1, 0.15) is 17.3 Å². The fraction of sp³-hybridized carbons (Fsp3) is 0.389. The molecule has 2 rings (SSSR count). The van der Waals surface area contributed by atoms with E-state index in [1.54, 1.807) is 32.0 Å². The van der Waals surface area contributed by atoms with Crippen LogP contribution in [0.3, 0.4) is 0 Å². The van der Waals surface area contributed by atoms with Crippen LogP contribution in [0.5, 0.6) is 5.75 Å². The molecule has 1 N–H and O–H groups in total. The lowest BCUT2D eigenvalue weighted by Gasteiger charge is -2.08. The van der Waals surface area contributed by atoms with Gasteiger partial charge in [-0.25, -0.2) is 9.38 Å². The van der Waals surface area contributed by atoms with Crippen molar-refractivity contribution in [2.45, 2.75) is 75.2 Å². The Bertz CT molecular complexity index is 1320. The highest BCUT2D eigenvalue weighted by molar-refractivity contribution is 6.05. The van der Waals surface area contributed by atoms with E-state index >= 15 is 0 Å². The van der Waals surface area contributed by atoms with Crippen LogP contribution in [-0.2, 0) is 11.2 Å². The number of nitrogens with zero attached hydrogens (tertiary/aromatic N) is 2. The molecule has 0 spiro atoms. The molecule has 0 fully saturated rings. The Kier molecular flexibility index (Phi) is 18.3. The SMILES string of the molecule is CC#C/C(C)=C/C=C\C(C)=N/C(C(C)=O)=C(\C)c1ccc(F)c(C)c1.CCCN(C)C.CCc1ccc(O)c(C)c1. The molecule has 0 aliphatic heterocycles. The average molecular weight is 561 g/mol. The van der Waals surface area contributed by atoms with Crippen LogP contribution in [0.4, 0.5) is 4.39 Å². The second-order valence-electron chi connectivity index (χ2n) is 10.1. The number of carbonyl (C=O) groups excluding carboxylic acids is 1. The third kappa shape index (κ3) is 15.6. The van der Waals surface area contributed by atoms with Crippen LogP contribution < -0.4 is 0 Å². The maximum absolute atomic E-state index is 13.5. The van der Waals surface area contributed by atoms with Crippen molar-refractivity contribution >= 4 is 17.1 Å². The zero-order valence-corrected chi connectivity index (χ0v) is 26.9. The summed E-state index contributed by atoms with van der Waals surface area (Å²) in [5.41, 5.74) is 6.32. The molecule has 0 aliphatic carbocycles. The number of Topliss-reactive ketones (excluding diaryl/α,β-unsaturated/α-hetero) is 1. The van der Waals surface area contributed by atoms with Crippen LogP contribution in [0.2, 0.25) is 0 Å². The Morgan fingerprint density at radius 2 is 1.68 bits per heavy atom. The molecule has 0 saturated carbocycles. The molecule has 0 amide bonds. The van der Waals surface area contributed by atoms with Crippen LogP contribution >= 0.6 is 0 Å². The Morgan fingerprint density at radius 1 is 1.02 bits per heavy atom. The molecule has 0 aliphatic rings. The van der Waals surface area contributed by atoms with Crippen molar-refractivity contribution in [3.63, 3.8) is 0 Å². The molecule has 0 radical (unpaired) electrons. The lowest BCUT2D eigenvalue weighted by molar-refractivity contribution is -0.113. The summed E-state index contributed by atoms with van der Waals surface area (Å²) >= 11 is 0. The number of rotatable bonds is 8. The van der Waals surface area contributed by atoms with Gasteiger partial charge in [-0.05, 0) is 133 Å². The van der Waals surface area contributed by atoms with Crippen LogP contribution in [0, 0.1) is 31.5 Å². The van der Waals surface area contributed by atoms with Gasteiger partial charge in [0, 0.05) is 12.6 Å². The van der Waals surface area contributed by atoms with Gasteiger partial charge in [-0.15, -0.1) is 5.92 Å². The third-order valence-corrected chi connectivity index (χ3v) is 5.91. The Hall–Kier alpha value is -3.75. The van der Waals surface area contributed by atoms with Crippen molar-refractivity contribution in [3.05, 3.63) is 94.0 Å². The van der Waals surface area contributed by atoms with E-state index in [1.165, 1.54) is 31.5 Å². The van der Waals surface area contributed by atoms with E-state index in [1.807, 2.05) is 58.1 Å². The van der Waals surface area contributed by atoms with Gasteiger partial charge in [-0.1, -0.05) is 50.1 Å². The fourth-order valence-corrected chi connectivity index (χ4v) is 3.61. The maximum atomic E-state index is 13.5. The summed E-state index contributed by atoms with van der Waals surface area (Å²) in [5, 5.41) is 9.14. The molecule has 0 aromatic heterocycles. The summed E-state index contributed by atoms with van der Waals surface area (Å²) in [5.74, 6) is 5.78. The van der Waals surface area contributed by atoms with Gasteiger partial charge in [-0.3, -0.25) is 4.79 Å². The molecule has 2 aromatic rings. The highest BCUT2D eigenvalue weighted by atomic mass is 19.1. The highest BCUT2D eigenvalue weighted by Crippen LogP contribution is 2.22. The van der Waals surface area contributed by atoms with Crippen LogP contribution in [0.25, 0.3) is 5.57 Å². The standard InChI is InChI=1S/C22H24FNO.C9H12O.C5H13N/c1-7-9-15(2)10-8-11-17(4)24-22(19(6)25)18(5)20-12-13-21(23)16(3)14-20;1-3-8-4-5-9(10)7(2)6-8;1-4-5-6(2)3/h8,10-14H,1-6H3;4-6,10H,3H2,1-2H3;4-5H2,1-3H3/b11-8-,15-10+,22-18+,24-17-;;. The minimum Gasteiger partial charge on any atom is -0.508 e. The van der Waals surface area contributed by atoms with Crippen molar-refractivity contribution in [3.8, 4) is 17.6 Å². The summed E-state index contributed by atoms with van der Waals surface area (Å²) in [7, 11) is 4.17. The summed E-state index contributed by atoms with van der Waals surface area (Å²) in [4.78, 5) is 18.6. The van der Waals surface area contributed by atoms with E-state index in [0.717, 1.165) is 28.7 Å². The molecule has 0 bridgehead atoms. The largest absolute Gasteiger partial charge is 0.508 e.